The second kappa shape index (κ2) is 18.7. The van der Waals surface area contributed by atoms with Gasteiger partial charge in [0.1, 0.15) is 11.8 Å². The highest BCUT2D eigenvalue weighted by molar-refractivity contribution is 8.13. The predicted molar refractivity (Wildman–Crippen MR) is 155 cm³/mol. The first-order valence-electron chi connectivity index (χ1n) is 13.6. The fourth-order valence-electron chi connectivity index (χ4n) is 3.38. The van der Waals surface area contributed by atoms with Crippen LogP contribution in [0, 0.1) is 5.41 Å². The van der Waals surface area contributed by atoms with Crippen molar-refractivity contribution in [2.75, 3.05) is 38.7 Å². The minimum absolute atomic E-state index is 0.0579. The van der Waals surface area contributed by atoms with Gasteiger partial charge in [-0.15, -0.1) is 0 Å². The Labute approximate surface area is 254 Å². The number of Topliss-reactive ketones (excluding diaryl/α,β-unsaturated/α-hetero) is 1. The van der Waals surface area contributed by atoms with Gasteiger partial charge in [-0.3, -0.25) is 37.8 Å². The van der Waals surface area contributed by atoms with E-state index in [1.54, 1.807) is 27.7 Å². The van der Waals surface area contributed by atoms with E-state index >= 15 is 0 Å². The summed E-state index contributed by atoms with van der Waals surface area (Å²) in [6.07, 6.45) is -0.459. The number of thioether (sulfide) groups is 1. The van der Waals surface area contributed by atoms with Crippen LogP contribution in [0.4, 0.5) is 0 Å². The maximum atomic E-state index is 13.0. The van der Waals surface area contributed by atoms with Gasteiger partial charge in [-0.1, -0.05) is 25.6 Å². The highest BCUT2D eigenvalue weighted by atomic mass is 32.2. The third kappa shape index (κ3) is 14.9. The van der Waals surface area contributed by atoms with Crippen molar-refractivity contribution in [3.05, 3.63) is 12.2 Å². The lowest BCUT2D eigenvalue weighted by atomic mass is 9.87. The first-order valence-corrected chi connectivity index (χ1v) is 16.1. The van der Waals surface area contributed by atoms with Crippen molar-refractivity contribution in [1.82, 2.24) is 15.7 Å². The summed E-state index contributed by atoms with van der Waals surface area (Å²) in [7, 11) is -4.02. The molecule has 0 aromatic heterocycles. The molecular weight excluding hydrogens is 609 g/mol. The molecule has 0 bridgehead atoms. The molecule has 0 saturated carbocycles. The third-order valence-electron chi connectivity index (χ3n) is 5.53. The zero-order chi connectivity index (χ0) is 32.6. The first-order chi connectivity index (χ1) is 20.1. The average Bonchev–Trinajstić information content (AvgIpc) is 2.91. The fourth-order valence-corrected chi connectivity index (χ4v) is 6.01. The molecule has 1 aliphatic rings. The summed E-state index contributed by atoms with van der Waals surface area (Å²) in [4.78, 5) is 83.5. The van der Waals surface area contributed by atoms with Crippen LogP contribution in [0.3, 0.4) is 0 Å². The van der Waals surface area contributed by atoms with E-state index in [1.165, 1.54) is 6.92 Å². The van der Waals surface area contributed by atoms with Crippen LogP contribution in [-0.4, -0.2) is 91.2 Å². The van der Waals surface area contributed by atoms with Gasteiger partial charge in [-0.2, -0.15) is 0 Å². The summed E-state index contributed by atoms with van der Waals surface area (Å²) >= 11 is 0.817. The molecule has 1 fully saturated rings. The van der Waals surface area contributed by atoms with E-state index in [1.807, 2.05) is 0 Å². The zero-order valence-corrected chi connectivity index (χ0v) is 26.6. The lowest BCUT2D eigenvalue weighted by molar-refractivity contribution is -0.145. The Morgan fingerprint density at radius 1 is 1.00 bits per heavy atom. The molecule has 3 atom stereocenters. The van der Waals surface area contributed by atoms with E-state index in [9.17, 15) is 38.1 Å². The van der Waals surface area contributed by atoms with Gasteiger partial charge in [0.05, 0.1) is 32.7 Å². The number of allylic oxidation sites excluding steroid dienone is 1. The second-order valence-corrected chi connectivity index (χ2v) is 12.8. The highest BCUT2D eigenvalue weighted by Gasteiger charge is 2.49. The molecule has 1 aliphatic heterocycles. The number of rotatable bonds is 18. The topological polar surface area (TPSA) is 210 Å². The van der Waals surface area contributed by atoms with Crippen LogP contribution in [0.2, 0.25) is 0 Å². The number of hydrogen-bond acceptors (Lipinski definition) is 13. The summed E-state index contributed by atoms with van der Waals surface area (Å²) < 4.78 is 33.3. The Morgan fingerprint density at radius 3 is 2.33 bits per heavy atom. The van der Waals surface area contributed by atoms with Crippen LogP contribution in [0.1, 0.15) is 53.9 Å². The Hall–Kier alpha value is -2.91. The van der Waals surface area contributed by atoms with Gasteiger partial charge < -0.3 is 20.1 Å². The van der Waals surface area contributed by atoms with Crippen molar-refractivity contribution in [3.63, 3.8) is 0 Å². The summed E-state index contributed by atoms with van der Waals surface area (Å²) in [5.41, 5.74) is -0.868. The smallest absolute Gasteiger partial charge is 0.407 e. The van der Waals surface area contributed by atoms with Crippen molar-refractivity contribution in [2.24, 2.45) is 5.41 Å². The summed E-state index contributed by atoms with van der Waals surface area (Å²) in [6.45, 7) is 8.24. The Morgan fingerprint density at radius 2 is 1.67 bits per heavy atom. The number of carbonyl (C=O) groups is 7. The SMILES string of the molecule is CCOC(=O)/C=C/C(=O)CC(=O)CC(=O)SCCNC(=O)CCNC(=O)[C@@H]1OP(=O)(N[C@@H](C)C(=O)OCC)OCC1(C)C. The molecule has 17 heteroatoms. The van der Waals surface area contributed by atoms with Gasteiger partial charge in [0, 0.05) is 36.8 Å². The Bertz CT molecular complexity index is 1130. The largest absolute Gasteiger partial charge is 0.465 e. The number of amides is 2. The maximum absolute atomic E-state index is 13.0. The molecule has 242 valence electrons. The monoisotopic (exact) mass is 649 g/mol. The van der Waals surface area contributed by atoms with E-state index < -0.39 is 78.6 Å². The van der Waals surface area contributed by atoms with Gasteiger partial charge in [0.25, 0.3) is 0 Å². The second-order valence-electron chi connectivity index (χ2n) is 9.90. The number of hydrogen-bond donors (Lipinski definition) is 3. The molecule has 0 aromatic carbocycles. The van der Waals surface area contributed by atoms with Gasteiger partial charge >= 0.3 is 19.7 Å². The molecule has 15 nitrogen and oxygen atoms in total. The standard InChI is InChI=1S/C26H40N3O12PS/c1-6-38-21(33)9-8-18(30)14-19(31)15-22(34)43-13-12-27-20(32)10-11-28-24(35)23-26(4,5)16-40-42(37,41-23)29-17(3)25(36)39-7-2/h8-9,17,23H,6-7,10-16H2,1-5H3,(H,27,32)(H,28,35)(H,29,37)/b9-8+/t17-,23-,42?/m0/s1. The third-order valence-corrected chi connectivity index (χ3v) is 8.07. The maximum Gasteiger partial charge on any atom is 0.407 e. The molecule has 0 aliphatic carbocycles. The summed E-state index contributed by atoms with van der Waals surface area (Å²) in [5.74, 6) is -3.45. The van der Waals surface area contributed by atoms with Gasteiger partial charge in [0.15, 0.2) is 17.0 Å². The van der Waals surface area contributed by atoms with Crippen molar-refractivity contribution >= 4 is 59.9 Å². The van der Waals surface area contributed by atoms with Crippen LogP contribution >= 0.6 is 19.5 Å². The van der Waals surface area contributed by atoms with Crippen LogP contribution in [0.15, 0.2) is 12.2 Å². The molecule has 1 rings (SSSR count). The van der Waals surface area contributed by atoms with E-state index in [2.05, 4.69) is 20.5 Å². The highest BCUT2D eigenvalue weighted by Crippen LogP contribution is 2.53. The van der Waals surface area contributed by atoms with Gasteiger partial charge in [-0.25, -0.2) is 14.4 Å². The van der Waals surface area contributed by atoms with Crippen LogP contribution in [0.25, 0.3) is 0 Å². The van der Waals surface area contributed by atoms with Crippen molar-refractivity contribution in [3.8, 4) is 0 Å². The lowest BCUT2D eigenvalue weighted by Crippen LogP contribution is -2.51. The average molecular weight is 650 g/mol. The predicted octanol–water partition coefficient (Wildman–Crippen LogP) is 0.997. The molecule has 3 N–H and O–H groups in total. The van der Waals surface area contributed by atoms with E-state index in [0.29, 0.717) is 0 Å². The van der Waals surface area contributed by atoms with E-state index in [0.717, 1.165) is 23.9 Å². The van der Waals surface area contributed by atoms with Crippen LogP contribution in [0.5, 0.6) is 0 Å². The molecule has 1 heterocycles. The fraction of sp³-hybridized carbons (Fsp3) is 0.654. The van der Waals surface area contributed by atoms with Crippen molar-refractivity contribution < 1.29 is 56.6 Å². The van der Waals surface area contributed by atoms with Crippen molar-refractivity contribution in [2.45, 2.75) is 66.0 Å². The number of ether oxygens (including phenoxy) is 2. The molecule has 0 radical (unpaired) electrons. The molecular formula is C26H40N3O12PS. The van der Waals surface area contributed by atoms with Crippen LogP contribution in [-0.2, 0) is 56.6 Å². The first kappa shape index (κ1) is 38.1. The molecule has 0 spiro atoms. The molecule has 0 aromatic rings. The number of carbonyl (C=O) groups excluding carboxylic acids is 7. The van der Waals surface area contributed by atoms with Gasteiger partial charge in [0.2, 0.25) is 11.8 Å². The zero-order valence-electron chi connectivity index (χ0n) is 24.9. The number of ketones is 2. The Kier molecular flexibility index (Phi) is 16.6. The quantitative estimate of drug-likeness (QED) is 0.0622. The van der Waals surface area contributed by atoms with E-state index in [-0.39, 0.29) is 45.1 Å². The molecule has 1 saturated heterocycles. The summed E-state index contributed by atoms with van der Waals surface area (Å²) in [6, 6.07) is -1.01. The minimum atomic E-state index is -4.02. The Balaban J connectivity index is 2.37. The number of nitrogens with one attached hydrogen (secondary N) is 3. The van der Waals surface area contributed by atoms with Crippen LogP contribution < -0.4 is 15.7 Å². The normalized spacial score (nSPS) is 20.1. The molecule has 43 heavy (non-hydrogen) atoms. The molecule has 1 unspecified atom stereocenters. The molecule has 2 amide bonds. The summed E-state index contributed by atoms with van der Waals surface area (Å²) in [5, 5.41) is 7.13. The van der Waals surface area contributed by atoms with Crippen molar-refractivity contribution in [1.29, 1.82) is 0 Å². The van der Waals surface area contributed by atoms with Gasteiger partial charge in [-0.05, 0) is 26.8 Å². The van der Waals surface area contributed by atoms with E-state index in [4.69, 9.17) is 13.8 Å². The lowest BCUT2D eigenvalue weighted by Gasteiger charge is -2.40. The number of esters is 2. The minimum Gasteiger partial charge on any atom is -0.465 e.